The molecule has 0 bridgehead atoms. The maximum absolute atomic E-state index is 5.73. The Morgan fingerprint density at radius 1 is 1.14 bits per heavy atom. The number of hydrogen-bond acceptors (Lipinski definition) is 3. The van der Waals surface area contributed by atoms with Gasteiger partial charge in [-0.15, -0.1) is 0 Å². The minimum absolute atomic E-state index is 0.483. The van der Waals surface area contributed by atoms with Gasteiger partial charge in [-0.3, -0.25) is 5.43 Å². The fourth-order valence-electron chi connectivity index (χ4n) is 1.80. The molecule has 0 unspecified atom stereocenters. The summed E-state index contributed by atoms with van der Waals surface area (Å²) < 4.78 is 5.73. The van der Waals surface area contributed by atoms with Gasteiger partial charge in [-0.25, -0.2) is 0 Å². The van der Waals surface area contributed by atoms with Crippen molar-refractivity contribution in [2.24, 2.45) is 5.10 Å². The fraction of sp³-hybridized carbons (Fsp3) is 0.176. The van der Waals surface area contributed by atoms with Gasteiger partial charge in [0.15, 0.2) is 5.11 Å². The molecular weight excluding hydrogens is 294 g/mol. The molecular formula is C17H19N3OS. The molecule has 0 radical (unpaired) electrons. The summed E-state index contributed by atoms with van der Waals surface area (Å²) in [4.78, 5) is 0. The first kappa shape index (κ1) is 16.0. The summed E-state index contributed by atoms with van der Waals surface area (Å²) in [5.74, 6) is 0.854. The lowest BCUT2D eigenvalue weighted by molar-refractivity contribution is 0.322. The molecule has 0 saturated carbocycles. The van der Waals surface area contributed by atoms with Crippen molar-refractivity contribution in [2.75, 3.05) is 13.7 Å². The van der Waals surface area contributed by atoms with Gasteiger partial charge >= 0.3 is 0 Å². The van der Waals surface area contributed by atoms with E-state index in [9.17, 15) is 0 Å². The van der Waals surface area contributed by atoms with Crippen molar-refractivity contribution in [1.29, 1.82) is 0 Å². The molecule has 0 saturated heterocycles. The highest BCUT2D eigenvalue weighted by Crippen LogP contribution is 2.11. The Hall–Kier alpha value is -2.40. The monoisotopic (exact) mass is 313 g/mol. The third-order valence-electron chi connectivity index (χ3n) is 2.99. The normalized spacial score (nSPS) is 10.4. The van der Waals surface area contributed by atoms with Crippen molar-refractivity contribution in [3.63, 3.8) is 0 Å². The number of rotatable bonds is 6. The Labute approximate surface area is 136 Å². The minimum Gasteiger partial charge on any atom is -0.493 e. The topological polar surface area (TPSA) is 45.7 Å². The highest BCUT2D eigenvalue weighted by atomic mass is 32.1. The van der Waals surface area contributed by atoms with Gasteiger partial charge in [-0.1, -0.05) is 30.3 Å². The van der Waals surface area contributed by atoms with E-state index in [1.54, 1.807) is 13.3 Å². The Kier molecular flexibility index (Phi) is 6.39. The summed E-state index contributed by atoms with van der Waals surface area (Å²) in [5.41, 5.74) is 4.96. The zero-order valence-corrected chi connectivity index (χ0v) is 13.3. The molecule has 2 rings (SSSR count). The van der Waals surface area contributed by atoms with Crippen LogP contribution in [0.3, 0.4) is 0 Å². The average molecular weight is 313 g/mol. The molecule has 2 N–H and O–H groups in total. The van der Waals surface area contributed by atoms with E-state index < -0.39 is 0 Å². The van der Waals surface area contributed by atoms with Crippen LogP contribution in [-0.2, 0) is 6.42 Å². The summed E-state index contributed by atoms with van der Waals surface area (Å²) in [6.45, 7) is 0.662. The number of ether oxygens (including phenoxy) is 1. The van der Waals surface area contributed by atoms with E-state index in [0.29, 0.717) is 11.7 Å². The zero-order valence-electron chi connectivity index (χ0n) is 12.5. The quantitative estimate of drug-likeness (QED) is 0.489. The highest BCUT2D eigenvalue weighted by Gasteiger charge is 1.96. The molecule has 0 aliphatic carbocycles. The summed E-state index contributed by atoms with van der Waals surface area (Å²) in [6.07, 6.45) is 2.60. The van der Waals surface area contributed by atoms with Gasteiger partial charge in [0.05, 0.1) is 12.8 Å². The van der Waals surface area contributed by atoms with Crippen LogP contribution in [0.4, 0.5) is 0 Å². The smallest absolute Gasteiger partial charge is 0.186 e. The van der Waals surface area contributed by atoms with Gasteiger partial charge in [0.1, 0.15) is 5.75 Å². The molecule has 0 aliphatic heterocycles. The summed E-state index contributed by atoms with van der Waals surface area (Å²) in [5, 5.41) is 7.29. The number of hydrogen-bond donors (Lipinski definition) is 2. The summed E-state index contributed by atoms with van der Waals surface area (Å²) in [6, 6.07) is 18.1. The van der Waals surface area contributed by atoms with Crippen molar-refractivity contribution in [3.05, 3.63) is 65.7 Å². The van der Waals surface area contributed by atoms with E-state index in [2.05, 4.69) is 28.0 Å². The second-order valence-corrected chi connectivity index (χ2v) is 5.01. The van der Waals surface area contributed by atoms with E-state index in [1.807, 2.05) is 42.5 Å². The molecule has 2 aromatic carbocycles. The first-order valence-corrected chi connectivity index (χ1v) is 7.46. The average Bonchev–Trinajstić information content (AvgIpc) is 2.57. The van der Waals surface area contributed by atoms with Gasteiger partial charge in [0, 0.05) is 13.5 Å². The third-order valence-corrected chi connectivity index (χ3v) is 3.28. The van der Waals surface area contributed by atoms with Crippen LogP contribution in [0.2, 0.25) is 0 Å². The van der Waals surface area contributed by atoms with Gasteiger partial charge < -0.3 is 10.1 Å². The third kappa shape index (κ3) is 5.54. The second-order valence-electron chi connectivity index (χ2n) is 4.60. The van der Waals surface area contributed by atoms with Gasteiger partial charge in [0.2, 0.25) is 0 Å². The fourth-order valence-corrected chi connectivity index (χ4v) is 1.86. The molecule has 0 atom stereocenters. The lowest BCUT2D eigenvalue weighted by atomic mass is 10.2. The molecule has 4 nitrogen and oxygen atoms in total. The predicted molar refractivity (Wildman–Crippen MR) is 94.5 cm³/mol. The molecule has 0 fully saturated rings. The maximum atomic E-state index is 5.73. The van der Waals surface area contributed by atoms with E-state index in [4.69, 9.17) is 17.0 Å². The summed E-state index contributed by atoms with van der Waals surface area (Å²) >= 11 is 4.92. The molecule has 114 valence electrons. The summed E-state index contributed by atoms with van der Waals surface area (Å²) in [7, 11) is 1.74. The molecule has 0 aromatic heterocycles. The number of thiocarbonyl (C=S) groups is 1. The molecule has 5 heteroatoms. The lowest BCUT2D eigenvalue weighted by Gasteiger charge is -2.06. The van der Waals surface area contributed by atoms with Crippen LogP contribution >= 0.6 is 12.2 Å². The van der Waals surface area contributed by atoms with Crippen LogP contribution in [0.1, 0.15) is 11.1 Å². The highest BCUT2D eigenvalue weighted by molar-refractivity contribution is 7.80. The standard InChI is InChI=1S/C17H19N3OS/c1-18-17(22)20-19-13-15-7-9-16(10-8-15)21-12-11-14-5-3-2-4-6-14/h2-10,13H,11-12H2,1H3,(H2,18,20,22)/b19-13-. The Morgan fingerprint density at radius 3 is 2.55 bits per heavy atom. The van der Waals surface area contributed by atoms with Crippen LogP contribution in [0, 0.1) is 0 Å². The molecule has 0 heterocycles. The number of benzene rings is 2. The molecule has 0 spiro atoms. The van der Waals surface area contributed by atoms with Crippen LogP contribution < -0.4 is 15.5 Å². The molecule has 22 heavy (non-hydrogen) atoms. The van der Waals surface area contributed by atoms with Crippen molar-refractivity contribution in [3.8, 4) is 5.75 Å². The Bertz CT molecular complexity index is 612. The lowest BCUT2D eigenvalue weighted by Crippen LogP contribution is -2.28. The number of nitrogens with zero attached hydrogens (tertiary/aromatic N) is 1. The van der Waals surface area contributed by atoms with Crippen molar-refractivity contribution < 1.29 is 4.74 Å². The van der Waals surface area contributed by atoms with Crippen molar-refractivity contribution in [2.45, 2.75) is 6.42 Å². The maximum Gasteiger partial charge on any atom is 0.186 e. The minimum atomic E-state index is 0.483. The molecule has 0 amide bonds. The largest absolute Gasteiger partial charge is 0.493 e. The Balaban J connectivity index is 1.78. The van der Waals surface area contributed by atoms with Crippen LogP contribution in [0.5, 0.6) is 5.75 Å². The second kappa shape index (κ2) is 8.79. The van der Waals surface area contributed by atoms with Crippen LogP contribution in [-0.4, -0.2) is 25.0 Å². The Morgan fingerprint density at radius 2 is 1.86 bits per heavy atom. The number of nitrogens with one attached hydrogen (secondary N) is 2. The van der Waals surface area contributed by atoms with Crippen molar-refractivity contribution >= 4 is 23.5 Å². The molecule has 0 aliphatic rings. The van der Waals surface area contributed by atoms with E-state index in [-0.39, 0.29) is 0 Å². The van der Waals surface area contributed by atoms with Crippen molar-refractivity contribution in [1.82, 2.24) is 10.7 Å². The van der Waals surface area contributed by atoms with E-state index in [0.717, 1.165) is 17.7 Å². The first-order chi connectivity index (χ1) is 10.8. The van der Waals surface area contributed by atoms with Gasteiger partial charge in [-0.05, 0) is 47.6 Å². The van der Waals surface area contributed by atoms with Crippen LogP contribution in [0.25, 0.3) is 0 Å². The first-order valence-electron chi connectivity index (χ1n) is 7.05. The van der Waals surface area contributed by atoms with E-state index in [1.165, 1.54) is 5.56 Å². The zero-order chi connectivity index (χ0) is 15.6. The predicted octanol–water partition coefficient (Wildman–Crippen LogP) is 2.74. The van der Waals surface area contributed by atoms with Gasteiger partial charge in [0.25, 0.3) is 0 Å². The van der Waals surface area contributed by atoms with Crippen LogP contribution in [0.15, 0.2) is 59.7 Å². The number of hydrazone groups is 1. The van der Waals surface area contributed by atoms with Gasteiger partial charge in [-0.2, -0.15) is 5.10 Å². The van der Waals surface area contributed by atoms with E-state index >= 15 is 0 Å². The SMILES string of the molecule is CNC(=S)N/N=C\c1ccc(OCCc2ccccc2)cc1. The molecule has 2 aromatic rings.